The summed E-state index contributed by atoms with van der Waals surface area (Å²) in [6, 6.07) is 9.39. The van der Waals surface area contributed by atoms with Crippen molar-refractivity contribution >= 4 is 29.1 Å². The summed E-state index contributed by atoms with van der Waals surface area (Å²) in [5, 5.41) is 13.1. The molecule has 3 aliphatic rings. The lowest BCUT2D eigenvalue weighted by Crippen LogP contribution is -2.57. The van der Waals surface area contributed by atoms with Gasteiger partial charge in [0, 0.05) is 54.6 Å². The van der Waals surface area contributed by atoms with Crippen LogP contribution in [-0.2, 0) is 9.53 Å². The number of hydrogen-bond donors (Lipinski definition) is 4. The maximum absolute atomic E-state index is 13.3. The molecule has 1 aromatic carbocycles. The summed E-state index contributed by atoms with van der Waals surface area (Å²) in [6.07, 6.45) is 5.57. The van der Waals surface area contributed by atoms with Crippen LogP contribution in [0, 0.1) is 0 Å². The van der Waals surface area contributed by atoms with Gasteiger partial charge in [0.15, 0.2) is 5.65 Å². The first kappa shape index (κ1) is 23.7. The van der Waals surface area contributed by atoms with Gasteiger partial charge in [0.1, 0.15) is 11.9 Å². The highest BCUT2D eigenvalue weighted by Crippen LogP contribution is 2.43. The van der Waals surface area contributed by atoms with Crippen LogP contribution in [-0.4, -0.2) is 76.4 Å². The summed E-state index contributed by atoms with van der Waals surface area (Å²) in [6.45, 7) is 1.81. The van der Waals surface area contributed by atoms with Gasteiger partial charge in [0.05, 0.1) is 19.4 Å². The number of anilines is 2. The third kappa shape index (κ3) is 4.38. The molecule has 37 heavy (non-hydrogen) atoms. The van der Waals surface area contributed by atoms with Crippen LogP contribution in [0.25, 0.3) is 16.8 Å². The molecule has 2 bridgehead atoms. The van der Waals surface area contributed by atoms with Crippen molar-refractivity contribution in [3.63, 3.8) is 0 Å². The number of ether oxygens (including phenoxy) is 1. The van der Waals surface area contributed by atoms with Crippen LogP contribution in [0.15, 0.2) is 36.5 Å². The molecule has 3 amide bonds. The Balaban J connectivity index is 1.24. The Morgan fingerprint density at radius 2 is 1.92 bits per heavy atom. The summed E-state index contributed by atoms with van der Waals surface area (Å²) in [7, 11) is 1.58. The standard InChI is InChI=1S/C26H32N8O3/c1-28-26(36)31-17-4-2-15(3-5-17)20-13-30-34-23(27)12-21(32-24(20)34)16-10-18-6-7-19(11-16)33(18)25(35)22-14-37-9-8-29-22/h2-5,12-13,16,18-19,22,29H,6-11,14,27H2,1H3,(H2,28,31,36)/t16-,18-,19+,22?. The van der Waals surface area contributed by atoms with Crippen LogP contribution in [0.3, 0.4) is 0 Å². The van der Waals surface area contributed by atoms with Gasteiger partial charge in [-0.05, 0) is 43.4 Å². The van der Waals surface area contributed by atoms with E-state index in [0.29, 0.717) is 36.9 Å². The number of benzene rings is 1. The third-order valence-electron chi connectivity index (χ3n) is 7.83. The summed E-state index contributed by atoms with van der Waals surface area (Å²) < 4.78 is 7.20. The number of fused-ring (bicyclic) bond motifs is 3. The molecular formula is C26H32N8O3. The van der Waals surface area contributed by atoms with Crippen molar-refractivity contribution in [2.24, 2.45) is 0 Å². The van der Waals surface area contributed by atoms with Crippen molar-refractivity contribution in [2.45, 2.75) is 49.7 Å². The fraction of sp³-hybridized carbons (Fsp3) is 0.462. The van der Waals surface area contributed by atoms with E-state index in [1.54, 1.807) is 17.8 Å². The number of carbonyl (C=O) groups excluding carboxylic acids is 2. The second-order valence-electron chi connectivity index (χ2n) is 10.1. The first-order valence-corrected chi connectivity index (χ1v) is 12.9. The van der Waals surface area contributed by atoms with Gasteiger partial charge in [-0.2, -0.15) is 9.61 Å². The van der Waals surface area contributed by atoms with Crippen molar-refractivity contribution in [1.29, 1.82) is 0 Å². The zero-order chi connectivity index (χ0) is 25.5. The van der Waals surface area contributed by atoms with Crippen LogP contribution < -0.4 is 21.7 Å². The molecule has 3 saturated heterocycles. The molecule has 0 saturated carbocycles. The number of nitrogens with zero attached hydrogens (tertiary/aromatic N) is 4. The van der Waals surface area contributed by atoms with Gasteiger partial charge in [-0.25, -0.2) is 9.78 Å². The van der Waals surface area contributed by atoms with Gasteiger partial charge >= 0.3 is 6.03 Å². The Hall–Kier alpha value is -3.70. The Labute approximate surface area is 214 Å². The highest BCUT2D eigenvalue weighted by atomic mass is 16.5. The highest BCUT2D eigenvalue weighted by molar-refractivity contribution is 5.89. The molecule has 1 unspecified atom stereocenters. The van der Waals surface area contributed by atoms with Crippen molar-refractivity contribution in [2.75, 3.05) is 37.9 Å². The predicted molar refractivity (Wildman–Crippen MR) is 139 cm³/mol. The first-order valence-electron chi connectivity index (χ1n) is 12.9. The lowest BCUT2D eigenvalue weighted by molar-refractivity contribution is -0.141. The molecule has 4 atom stereocenters. The molecule has 0 aliphatic carbocycles. The molecule has 194 valence electrons. The molecular weight excluding hydrogens is 472 g/mol. The second-order valence-corrected chi connectivity index (χ2v) is 10.1. The SMILES string of the molecule is CNC(=O)Nc1ccc(-c2cnn3c(N)cc([C@@H]4C[C@H]5CC[C@@H](C4)N5C(=O)C4COCCN4)nc23)cc1. The van der Waals surface area contributed by atoms with Gasteiger partial charge in [-0.15, -0.1) is 0 Å². The van der Waals surface area contributed by atoms with Crippen LogP contribution in [0.4, 0.5) is 16.3 Å². The Bertz CT molecular complexity index is 1300. The molecule has 11 heteroatoms. The van der Waals surface area contributed by atoms with Crippen LogP contribution in [0.5, 0.6) is 0 Å². The summed E-state index contributed by atoms with van der Waals surface area (Å²) in [4.78, 5) is 32.0. The number of nitrogen functional groups attached to an aromatic ring is 1. The third-order valence-corrected chi connectivity index (χ3v) is 7.83. The number of nitrogens with two attached hydrogens (primary N) is 1. The van der Waals surface area contributed by atoms with Crippen molar-refractivity contribution in [3.05, 3.63) is 42.2 Å². The van der Waals surface area contributed by atoms with Gasteiger partial charge in [-0.1, -0.05) is 12.1 Å². The molecule has 2 aromatic heterocycles. The van der Waals surface area contributed by atoms with E-state index in [1.165, 1.54) is 0 Å². The van der Waals surface area contributed by atoms with Gasteiger partial charge in [0.2, 0.25) is 5.91 Å². The lowest BCUT2D eigenvalue weighted by Gasteiger charge is -2.41. The molecule has 5 N–H and O–H groups in total. The molecule has 3 aliphatic heterocycles. The normalized spacial score (nSPS) is 25.3. The molecule has 3 fully saturated rings. The smallest absolute Gasteiger partial charge is 0.318 e. The van der Waals surface area contributed by atoms with E-state index in [-0.39, 0.29) is 36.0 Å². The average Bonchev–Trinajstić information content (AvgIpc) is 3.47. The summed E-state index contributed by atoms with van der Waals surface area (Å²) >= 11 is 0. The van der Waals surface area contributed by atoms with E-state index >= 15 is 0 Å². The molecule has 11 nitrogen and oxygen atoms in total. The topological polar surface area (TPSA) is 139 Å². The minimum Gasteiger partial charge on any atom is -0.384 e. The zero-order valence-corrected chi connectivity index (χ0v) is 20.8. The molecule has 0 radical (unpaired) electrons. The molecule has 5 heterocycles. The lowest BCUT2D eigenvalue weighted by atomic mass is 9.87. The van der Waals surface area contributed by atoms with E-state index in [9.17, 15) is 9.59 Å². The number of morpholine rings is 1. The quantitative estimate of drug-likeness (QED) is 0.426. The number of piperidine rings is 1. The Morgan fingerprint density at radius 3 is 2.59 bits per heavy atom. The number of nitrogens with one attached hydrogen (secondary N) is 3. The maximum atomic E-state index is 13.3. The predicted octanol–water partition coefficient (Wildman–Crippen LogP) is 1.96. The van der Waals surface area contributed by atoms with Crippen molar-refractivity contribution in [1.82, 2.24) is 30.1 Å². The van der Waals surface area contributed by atoms with Crippen LogP contribution in [0.2, 0.25) is 0 Å². The Kier molecular flexibility index (Phi) is 6.17. The zero-order valence-electron chi connectivity index (χ0n) is 20.8. The van der Waals surface area contributed by atoms with Gasteiger partial charge in [0.25, 0.3) is 0 Å². The number of urea groups is 1. The number of hydrogen-bond acceptors (Lipinski definition) is 7. The minimum absolute atomic E-state index is 0.168. The number of carbonyl (C=O) groups is 2. The van der Waals surface area contributed by atoms with E-state index < -0.39 is 0 Å². The average molecular weight is 505 g/mol. The maximum Gasteiger partial charge on any atom is 0.318 e. The molecule has 0 spiro atoms. The molecule has 6 rings (SSSR count). The first-order chi connectivity index (χ1) is 18.0. The summed E-state index contributed by atoms with van der Waals surface area (Å²) in [5.74, 6) is 0.936. The monoisotopic (exact) mass is 504 g/mol. The van der Waals surface area contributed by atoms with E-state index in [0.717, 1.165) is 42.5 Å². The fourth-order valence-corrected chi connectivity index (χ4v) is 6.03. The van der Waals surface area contributed by atoms with Crippen molar-refractivity contribution in [3.8, 4) is 11.1 Å². The van der Waals surface area contributed by atoms with E-state index in [2.05, 4.69) is 25.9 Å². The highest BCUT2D eigenvalue weighted by Gasteiger charge is 2.45. The number of rotatable bonds is 4. The van der Waals surface area contributed by atoms with Crippen molar-refractivity contribution < 1.29 is 14.3 Å². The Morgan fingerprint density at radius 1 is 1.16 bits per heavy atom. The van der Waals surface area contributed by atoms with Crippen LogP contribution in [0.1, 0.15) is 37.3 Å². The van der Waals surface area contributed by atoms with E-state index in [4.69, 9.17) is 15.5 Å². The van der Waals surface area contributed by atoms with Crippen LogP contribution >= 0.6 is 0 Å². The number of amides is 3. The number of aromatic nitrogens is 3. The van der Waals surface area contributed by atoms with Gasteiger partial charge < -0.3 is 31.3 Å². The fourth-order valence-electron chi connectivity index (χ4n) is 6.03. The minimum atomic E-state index is -0.270. The van der Waals surface area contributed by atoms with E-state index in [1.807, 2.05) is 30.3 Å². The van der Waals surface area contributed by atoms with Gasteiger partial charge in [-0.3, -0.25) is 4.79 Å². The second kappa shape index (κ2) is 9.64. The largest absolute Gasteiger partial charge is 0.384 e. The summed E-state index contributed by atoms with van der Waals surface area (Å²) in [5.41, 5.74) is 10.6. The molecule has 3 aromatic rings.